The van der Waals surface area contributed by atoms with Gasteiger partial charge < -0.3 is 9.80 Å². The van der Waals surface area contributed by atoms with Gasteiger partial charge in [-0.25, -0.2) is 4.98 Å². The van der Waals surface area contributed by atoms with Crippen LogP contribution in [0.3, 0.4) is 0 Å². The number of piperazine rings is 1. The molecule has 1 amide bonds. The van der Waals surface area contributed by atoms with Gasteiger partial charge in [0.2, 0.25) is 5.91 Å². The number of para-hydroxylation sites is 2. The number of carbonyl (C=O) groups excluding carboxylic acids is 1. The number of halogens is 2. The van der Waals surface area contributed by atoms with Gasteiger partial charge in [0.05, 0.1) is 23.5 Å². The van der Waals surface area contributed by atoms with E-state index >= 15 is 0 Å². The van der Waals surface area contributed by atoms with Crippen LogP contribution in [0.5, 0.6) is 0 Å². The van der Waals surface area contributed by atoms with E-state index in [4.69, 9.17) is 16.6 Å². The van der Waals surface area contributed by atoms with Crippen LogP contribution in [-0.2, 0) is 11.3 Å². The number of hydrogen-bond acceptors (Lipinski definition) is 4. The van der Waals surface area contributed by atoms with E-state index in [2.05, 4.69) is 83.7 Å². The van der Waals surface area contributed by atoms with Crippen LogP contribution in [-0.4, -0.2) is 64.5 Å². The highest BCUT2D eigenvalue weighted by molar-refractivity contribution is 9.10. The van der Waals surface area contributed by atoms with Crippen molar-refractivity contribution in [3.63, 3.8) is 0 Å². The van der Waals surface area contributed by atoms with Crippen molar-refractivity contribution >= 4 is 50.2 Å². The number of anilines is 1. The Morgan fingerprint density at radius 3 is 2.50 bits per heavy atom. The van der Waals surface area contributed by atoms with Crippen molar-refractivity contribution in [3.05, 3.63) is 88.1 Å². The Bertz CT molecular complexity index is 1430. The van der Waals surface area contributed by atoms with Gasteiger partial charge in [0.25, 0.3) is 0 Å². The van der Waals surface area contributed by atoms with Crippen molar-refractivity contribution in [2.45, 2.75) is 19.4 Å². The van der Waals surface area contributed by atoms with Gasteiger partial charge in [0, 0.05) is 53.6 Å². The van der Waals surface area contributed by atoms with E-state index in [9.17, 15) is 4.79 Å². The summed E-state index contributed by atoms with van der Waals surface area (Å²) >= 11 is 9.74. The molecule has 0 aliphatic carbocycles. The highest BCUT2D eigenvalue weighted by Gasteiger charge is 2.31. The summed E-state index contributed by atoms with van der Waals surface area (Å²) in [5, 5.41) is 0.747. The summed E-state index contributed by atoms with van der Waals surface area (Å²) in [5.74, 6) is 1.34. The Balaban J connectivity index is 1.14. The fourth-order valence-corrected chi connectivity index (χ4v) is 6.23. The molecule has 38 heavy (non-hydrogen) atoms. The zero-order valence-corrected chi connectivity index (χ0v) is 23.6. The third-order valence-electron chi connectivity index (χ3n) is 7.70. The molecule has 8 heteroatoms. The maximum Gasteiger partial charge on any atom is 0.227 e. The summed E-state index contributed by atoms with van der Waals surface area (Å²) in [6.07, 6.45) is 1.98. The monoisotopic (exact) mass is 591 g/mol. The molecule has 0 spiro atoms. The molecule has 0 radical (unpaired) electrons. The molecule has 3 heterocycles. The molecular formula is C30H31BrClN5O. The average Bonchev–Trinajstić information content (AvgIpc) is 3.31. The number of rotatable bonds is 5. The van der Waals surface area contributed by atoms with Gasteiger partial charge in [0.1, 0.15) is 5.82 Å². The average molecular weight is 593 g/mol. The van der Waals surface area contributed by atoms with Gasteiger partial charge in [-0.05, 0) is 74.0 Å². The first-order valence-electron chi connectivity index (χ1n) is 13.3. The lowest BCUT2D eigenvalue weighted by atomic mass is 9.96. The molecule has 6 nitrogen and oxygen atoms in total. The number of carbonyl (C=O) groups is 1. The molecule has 2 saturated heterocycles. The Morgan fingerprint density at radius 2 is 1.71 bits per heavy atom. The number of aromatic nitrogens is 2. The van der Waals surface area contributed by atoms with Crippen LogP contribution in [0.25, 0.3) is 16.7 Å². The van der Waals surface area contributed by atoms with E-state index in [-0.39, 0.29) is 5.92 Å². The third kappa shape index (κ3) is 5.33. The summed E-state index contributed by atoms with van der Waals surface area (Å²) < 4.78 is 3.31. The molecule has 196 valence electrons. The molecule has 6 rings (SSSR count). The molecule has 1 aromatic heterocycles. The third-order valence-corrected chi connectivity index (χ3v) is 8.46. The maximum atomic E-state index is 13.5. The quantitative estimate of drug-likeness (QED) is 0.285. The van der Waals surface area contributed by atoms with E-state index in [1.54, 1.807) is 0 Å². The van der Waals surface area contributed by atoms with E-state index < -0.39 is 0 Å². The van der Waals surface area contributed by atoms with E-state index in [0.29, 0.717) is 5.91 Å². The van der Waals surface area contributed by atoms with Gasteiger partial charge in [-0.3, -0.25) is 14.3 Å². The molecule has 0 N–H and O–H groups in total. The van der Waals surface area contributed by atoms with Crippen LogP contribution in [0, 0.1) is 5.92 Å². The first-order chi connectivity index (χ1) is 18.5. The molecule has 3 aromatic carbocycles. The Kier molecular flexibility index (Phi) is 7.41. The van der Waals surface area contributed by atoms with E-state index in [1.807, 2.05) is 24.3 Å². The number of piperidine rings is 1. The van der Waals surface area contributed by atoms with Crippen LogP contribution >= 0.6 is 27.5 Å². The Labute approximate surface area is 236 Å². The van der Waals surface area contributed by atoms with Crippen LogP contribution in [0.15, 0.2) is 77.3 Å². The van der Waals surface area contributed by atoms with Crippen molar-refractivity contribution in [1.29, 1.82) is 0 Å². The number of fused-ring (bicyclic) bond motifs is 1. The Hall–Kier alpha value is -2.87. The van der Waals surface area contributed by atoms with Gasteiger partial charge in [0.15, 0.2) is 0 Å². The molecule has 0 unspecified atom stereocenters. The highest BCUT2D eigenvalue weighted by Crippen LogP contribution is 2.27. The fraction of sp³-hybridized carbons (Fsp3) is 0.333. The fourth-order valence-electron chi connectivity index (χ4n) is 5.78. The topological polar surface area (TPSA) is 44.6 Å². The molecule has 2 aliphatic heterocycles. The van der Waals surface area contributed by atoms with Crippen LogP contribution < -0.4 is 4.90 Å². The van der Waals surface area contributed by atoms with Crippen molar-refractivity contribution in [1.82, 2.24) is 19.4 Å². The first-order valence-corrected chi connectivity index (χ1v) is 14.5. The standard InChI is InChI=1S/C30H31BrClN5O/c31-23-10-12-25(13-11-23)37-28-9-2-1-8-27(28)33-29(37)21-34-14-4-5-22(20-34)30(38)36-17-15-35(16-18-36)26-7-3-6-24(32)19-26/h1-3,6-13,19,22H,4-5,14-18,20-21H2/t22-/m1/s1. The highest BCUT2D eigenvalue weighted by atomic mass is 79.9. The minimum atomic E-state index is 0.0342. The normalized spacial score (nSPS) is 18.7. The molecule has 0 bridgehead atoms. The van der Waals surface area contributed by atoms with Crippen LogP contribution in [0.4, 0.5) is 5.69 Å². The summed E-state index contributed by atoms with van der Waals surface area (Å²) in [4.78, 5) is 25.3. The van der Waals surface area contributed by atoms with Crippen molar-refractivity contribution in [2.24, 2.45) is 5.92 Å². The van der Waals surface area contributed by atoms with Gasteiger partial charge >= 0.3 is 0 Å². The first kappa shape index (κ1) is 25.4. The summed E-state index contributed by atoms with van der Waals surface area (Å²) in [7, 11) is 0. The number of nitrogens with zero attached hydrogens (tertiary/aromatic N) is 5. The van der Waals surface area contributed by atoms with E-state index in [1.165, 1.54) is 0 Å². The number of imidazole rings is 1. The second kappa shape index (κ2) is 11.1. The van der Waals surface area contributed by atoms with Crippen LogP contribution in [0.1, 0.15) is 18.7 Å². The number of likely N-dealkylation sites (tertiary alicyclic amines) is 1. The van der Waals surface area contributed by atoms with Gasteiger partial charge in [-0.15, -0.1) is 0 Å². The minimum Gasteiger partial charge on any atom is -0.368 e. The molecule has 2 aliphatic rings. The largest absolute Gasteiger partial charge is 0.368 e. The number of hydrogen-bond donors (Lipinski definition) is 0. The van der Waals surface area contributed by atoms with Crippen molar-refractivity contribution < 1.29 is 4.79 Å². The number of amides is 1. The summed E-state index contributed by atoms with van der Waals surface area (Å²) in [6.45, 7) is 5.64. The van der Waals surface area contributed by atoms with Gasteiger partial charge in [-0.1, -0.05) is 45.7 Å². The SMILES string of the molecule is O=C([C@@H]1CCCN(Cc2nc3ccccc3n2-c2ccc(Br)cc2)C1)N1CCN(c2cccc(Cl)c2)CC1. The predicted molar refractivity (Wildman–Crippen MR) is 157 cm³/mol. The van der Waals surface area contributed by atoms with Crippen molar-refractivity contribution in [3.8, 4) is 5.69 Å². The second-order valence-corrected chi connectivity index (χ2v) is 11.5. The lowest BCUT2D eigenvalue weighted by Crippen LogP contribution is -2.52. The zero-order valence-electron chi connectivity index (χ0n) is 21.3. The zero-order chi connectivity index (χ0) is 26.1. The van der Waals surface area contributed by atoms with E-state index in [0.717, 1.165) is 96.4 Å². The van der Waals surface area contributed by atoms with Crippen LogP contribution in [0.2, 0.25) is 5.02 Å². The molecule has 0 saturated carbocycles. The molecule has 1 atom stereocenters. The lowest BCUT2D eigenvalue weighted by molar-refractivity contribution is -0.137. The molecule has 2 fully saturated rings. The molecular weight excluding hydrogens is 562 g/mol. The second-order valence-electron chi connectivity index (χ2n) is 10.2. The minimum absolute atomic E-state index is 0.0342. The predicted octanol–water partition coefficient (Wildman–Crippen LogP) is 6.00. The summed E-state index contributed by atoms with van der Waals surface area (Å²) in [6, 6.07) is 24.6. The van der Waals surface area contributed by atoms with Crippen molar-refractivity contribution in [2.75, 3.05) is 44.2 Å². The smallest absolute Gasteiger partial charge is 0.227 e. The lowest BCUT2D eigenvalue weighted by Gasteiger charge is -2.39. The maximum absolute atomic E-state index is 13.5. The summed E-state index contributed by atoms with van der Waals surface area (Å²) in [5.41, 5.74) is 4.32. The number of benzene rings is 3. The molecule has 4 aromatic rings. The Morgan fingerprint density at radius 1 is 0.921 bits per heavy atom. The van der Waals surface area contributed by atoms with Gasteiger partial charge in [-0.2, -0.15) is 0 Å².